The summed E-state index contributed by atoms with van der Waals surface area (Å²) >= 11 is 0. The van der Waals surface area contributed by atoms with Crippen molar-refractivity contribution < 1.29 is 18.7 Å². The van der Waals surface area contributed by atoms with Gasteiger partial charge in [0.15, 0.2) is 12.4 Å². The van der Waals surface area contributed by atoms with Crippen molar-refractivity contribution in [3.63, 3.8) is 0 Å². The number of fused-ring (bicyclic) bond motifs is 1. The lowest BCUT2D eigenvalue weighted by Gasteiger charge is -2.30. The Morgan fingerprint density at radius 1 is 1.35 bits per heavy atom. The Kier molecular flexibility index (Phi) is 4.06. The summed E-state index contributed by atoms with van der Waals surface area (Å²) in [5, 5.41) is 2.75. The lowest BCUT2D eigenvalue weighted by molar-refractivity contribution is -0.121. The van der Waals surface area contributed by atoms with Crippen LogP contribution in [0.4, 0.5) is 11.4 Å². The Morgan fingerprint density at radius 2 is 2.17 bits per heavy atom. The van der Waals surface area contributed by atoms with E-state index in [9.17, 15) is 9.59 Å². The number of hydrogen-bond donors (Lipinski definition) is 1. The van der Waals surface area contributed by atoms with Gasteiger partial charge in [0.2, 0.25) is 0 Å². The zero-order chi connectivity index (χ0) is 16.4. The largest absolute Gasteiger partial charge is 0.481 e. The molecule has 0 fully saturated rings. The molecule has 0 saturated heterocycles. The number of benzene rings is 1. The normalized spacial score (nSPS) is 13.7. The third-order valence-corrected chi connectivity index (χ3v) is 3.45. The van der Waals surface area contributed by atoms with Crippen molar-refractivity contribution in [3.05, 3.63) is 42.4 Å². The molecule has 1 aromatic carbocycles. The lowest BCUT2D eigenvalue weighted by atomic mass is 10.1. The quantitative estimate of drug-likeness (QED) is 0.942. The summed E-state index contributed by atoms with van der Waals surface area (Å²) in [7, 11) is 0. The molecular formula is C17H18N2O4. The van der Waals surface area contributed by atoms with Crippen molar-refractivity contribution in [1.82, 2.24) is 0 Å². The Bertz CT molecular complexity index is 722. The Hall–Kier alpha value is -2.76. The second-order valence-corrected chi connectivity index (χ2v) is 5.80. The minimum Gasteiger partial charge on any atom is -0.481 e. The third kappa shape index (κ3) is 3.21. The summed E-state index contributed by atoms with van der Waals surface area (Å²) in [5.41, 5.74) is 1.31. The maximum absolute atomic E-state index is 12.0. The van der Waals surface area contributed by atoms with Crippen LogP contribution in [-0.2, 0) is 4.79 Å². The van der Waals surface area contributed by atoms with Crippen LogP contribution in [0.2, 0.25) is 0 Å². The summed E-state index contributed by atoms with van der Waals surface area (Å²) in [5.74, 6) is 0.783. The molecule has 23 heavy (non-hydrogen) atoms. The van der Waals surface area contributed by atoms with Gasteiger partial charge in [-0.15, -0.1) is 0 Å². The van der Waals surface area contributed by atoms with Crippen molar-refractivity contribution in [1.29, 1.82) is 0 Å². The standard InChI is InChI=1S/C17H18N2O4/c1-11(2)9-19-13-6-5-12(8-15(13)23-10-16(19)20)18-17(21)14-4-3-7-22-14/h3-8,11H,9-10H2,1-2H3,(H,18,21). The number of nitrogens with one attached hydrogen (secondary N) is 1. The van der Waals surface area contributed by atoms with E-state index in [-0.39, 0.29) is 24.2 Å². The Balaban J connectivity index is 1.82. The summed E-state index contributed by atoms with van der Waals surface area (Å²) < 4.78 is 10.6. The molecule has 2 aromatic rings. The Labute approximate surface area is 134 Å². The number of ether oxygens (including phenoxy) is 1. The van der Waals surface area contributed by atoms with Gasteiger partial charge in [-0.1, -0.05) is 13.8 Å². The molecule has 2 heterocycles. The molecule has 0 atom stereocenters. The fourth-order valence-electron chi connectivity index (χ4n) is 2.45. The van der Waals surface area contributed by atoms with E-state index < -0.39 is 0 Å². The average molecular weight is 314 g/mol. The maximum Gasteiger partial charge on any atom is 0.291 e. The van der Waals surface area contributed by atoms with Gasteiger partial charge in [0.25, 0.3) is 11.8 Å². The predicted molar refractivity (Wildman–Crippen MR) is 85.8 cm³/mol. The molecule has 0 aliphatic carbocycles. The van der Waals surface area contributed by atoms with Crippen LogP contribution in [0.3, 0.4) is 0 Å². The number of furan rings is 1. The molecular weight excluding hydrogens is 296 g/mol. The monoisotopic (exact) mass is 314 g/mol. The van der Waals surface area contributed by atoms with Gasteiger partial charge >= 0.3 is 0 Å². The SMILES string of the molecule is CC(C)CN1C(=O)COc2cc(NC(=O)c3ccco3)ccc21. The summed E-state index contributed by atoms with van der Waals surface area (Å²) in [4.78, 5) is 25.7. The minimum absolute atomic E-state index is 0.00923. The Morgan fingerprint density at radius 3 is 2.87 bits per heavy atom. The number of amides is 2. The molecule has 0 bridgehead atoms. The second kappa shape index (κ2) is 6.16. The van der Waals surface area contributed by atoms with Gasteiger partial charge in [0.1, 0.15) is 5.75 Å². The molecule has 0 radical (unpaired) electrons. The number of rotatable bonds is 4. The van der Waals surface area contributed by atoms with E-state index in [1.54, 1.807) is 35.2 Å². The van der Waals surface area contributed by atoms with Crippen LogP contribution in [0, 0.1) is 5.92 Å². The second-order valence-electron chi connectivity index (χ2n) is 5.80. The number of hydrogen-bond acceptors (Lipinski definition) is 4. The predicted octanol–water partition coefficient (Wildman–Crippen LogP) is 2.91. The average Bonchev–Trinajstić information content (AvgIpc) is 3.04. The topological polar surface area (TPSA) is 71.8 Å². The first-order valence-electron chi connectivity index (χ1n) is 7.46. The van der Waals surface area contributed by atoms with Gasteiger partial charge in [-0.2, -0.15) is 0 Å². The van der Waals surface area contributed by atoms with Crippen LogP contribution < -0.4 is 15.0 Å². The van der Waals surface area contributed by atoms with E-state index in [4.69, 9.17) is 9.15 Å². The van der Waals surface area contributed by atoms with Crippen LogP contribution in [-0.4, -0.2) is 25.0 Å². The van der Waals surface area contributed by atoms with Gasteiger partial charge in [-0.25, -0.2) is 0 Å². The van der Waals surface area contributed by atoms with E-state index in [0.717, 1.165) is 5.69 Å². The molecule has 1 aromatic heterocycles. The number of nitrogens with zero attached hydrogens (tertiary/aromatic N) is 1. The van der Waals surface area contributed by atoms with Crippen molar-refractivity contribution in [2.45, 2.75) is 13.8 Å². The summed E-state index contributed by atoms with van der Waals surface area (Å²) in [6.45, 7) is 4.75. The van der Waals surface area contributed by atoms with Crippen molar-refractivity contribution in [3.8, 4) is 5.75 Å². The van der Waals surface area contributed by atoms with Gasteiger partial charge in [-0.05, 0) is 30.2 Å². The molecule has 3 rings (SSSR count). The molecule has 0 saturated carbocycles. The van der Waals surface area contributed by atoms with Crippen molar-refractivity contribution >= 4 is 23.2 Å². The molecule has 0 unspecified atom stereocenters. The van der Waals surface area contributed by atoms with Crippen LogP contribution >= 0.6 is 0 Å². The summed E-state index contributed by atoms with van der Waals surface area (Å²) in [6, 6.07) is 8.49. The van der Waals surface area contributed by atoms with Crippen LogP contribution in [0.25, 0.3) is 0 Å². The first-order valence-corrected chi connectivity index (χ1v) is 7.46. The van der Waals surface area contributed by atoms with Crippen LogP contribution in [0.5, 0.6) is 5.75 Å². The number of anilines is 2. The summed E-state index contributed by atoms with van der Waals surface area (Å²) in [6.07, 6.45) is 1.44. The smallest absolute Gasteiger partial charge is 0.291 e. The van der Waals surface area contributed by atoms with Gasteiger partial charge < -0.3 is 19.4 Å². The molecule has 1 N–H and O–H groups in total. The molecule has 1 aliphatic heterocycles. The van der Waals surface area contributed by atoms with E-state index in [1.807, 2.05) is 0 Å². The molecule has 0 spiro atoms. The zero-order valence-corrected chi connectivity index (χ0v) is 13.0. The van der Waals surface area contributed by atoms with Gasteiger partial charge in [0.05, 0.1) is 12.0 Å². The van der Waals surface area contributed by atoms with Crippen LogP contribution in [0.1, 0.15) is 24.4 Å². The van der Waals surface area contributed by atoms with E-state index in [2.05, 4.69) is 19.2 Å². The van der Waals surface area contributed by atoms with Crippen molar-refractivity contribution in [2.24, 2.45) is 5.92 Å². The number of carbonyl (C=O) groups excluding carboxylic acids is 2. The minimum atomic E-state index is -0.333. The highest BCUT2D eigenvalue weighted by molar-refractivity contribution is 6.03. The van der Waals surface area contributed by atoms with E-state index >= 15 is 0 Å². The molecule has 120 valence electrons. The molecule has 2 amide bonds. The fraction of sp³-hybridized carbons (Fsp3) is 0.294. The maximum atomic E-state index is 12.0. The van der Waals surface area contributed by atoms with Crippen LogP contribution in [0.15, 0.2) is 41.0 Å². The number of carbonyl (C=O) groups is 2. The lowest BCUT2D eigenvalue weighted by Crippen LogP contribution is -2.40. The zero-order valence-electron chi connectivity index (χ0n) is 13.0. The van der Waals surface area contributed by atoms with Crippen molar-refractivity contribution in [2.75, 3.05) is 23.4 Å². The van der Waals surface area contributed by atoms with E-state index in [0.29, 0.717) is 23.9 Å². The molecule has 6 nitrogen and oxygen atoms in total. The molecule has 1 aliphatic rings. The highest BCUT2D eigenvalue weighted by atomic mass is 16.5. The fourth-order valence-corrected chi connectivity index (χ4v) is 2.45. The highest BCUT2D eigenvalue weighted by Crippen LogP contribution is 2.35. The van der Waals surface area contributed by atoms with E-state index in [1.165, 1.54) is 6.26 Å². The first-order chi connectivity index (χ1) is 11.0. The molecule has 6 heteroatoms. The van der Waals surface area contributed by atoms with Gasteiger partial charge in [-0.3, -0.25) is 9.59 Å². The first kappa shape index (κ1) is 15.1. The highest BCUT2D eigenvalue weighted by Gasteiger charge is 2.26. The third-order valence-electron chi connectivity index (χ3n) is 3.45. The van der Waals surface area contributed by atoms with Gasteiger partial charge in [0, 0.05) is 18.3 Å².